The normalized spacial score (nSPS) is 17.2. The Labute approximate surface area is 125 Å². The van der Waals surface area contributed by atoms with Gasteiger partial charge in [0.1, 0.15) is 6.29 Å². The first kappa shape index (κ1) is 15.8. The van der Waals surface area contributed by atoms with E-state index in [2.05, 4.69) is 11.8 Å². The van der Waals surface area contributed by atoms with E-state index in [1.165, 1.54) is 0 Å². The van der Waals surface area contributed by atoms with Crippen LogP contribution >= 0.6 is 0 Å². The van der Waals surface area contributed by atoms with Crippen LogP contribution in [0.1, 0.15) is 23.7 Å². The summed E-state index contributed by atoms with van der Waals surface area (Å²) >= 11 is 0. The van der Waals surface area contributed by atoms with Crippen LogP contribution in [0.3, 0.4) is 0 Å². The van der Waals surface area contributed by atoms with Gasteiger partial charge in [0, 0.05) is 24.7 Å². The molecule has 5 heteroatoms. The van der Waals surface area contributed by atoms with Crippen molar-refractivity contribution >= 4 is 6.29 Å². The molecule has 0 spiro atoms. The van der Waals surface area contributed by atoms with Gasteiger partial charge in [-0.05, 0) is 31.5 Å². The Balaban J connectivity index is 1.83. The number of hydrogen-bond acceptors (Lipinski definition) is 5. The molecule has 0 aliphatic carbocycles. The van der Waals surface area contributed by atoms with Crippen LogP contribution in [0, 0.1) is 0 Å². The van der Waals surface area contributed by atoms with E-state index in [1.54, 1.807) is 25.3 Å². The number of hydrogen-bond donors (Lipinski definition) is 0. The van der Waals surface area contributed by atoms with E-state index in [1.807, 2.05) is 0 Å². The van der Waals surface area contributed by atoms with E-state index >= 15 is 0 Å². The third kappa shape index (κ3) is 4.44. The average molecular weight is 293 g/mol. The predicted octanol–water partition coefficient (Wildman–Crippen LogP) is 2.00. The first-order chi connectivity index (χ1) is 10.2. The molecule has 2 rings (SSSR count). The Morgan fingerprint density at radius 2 is 2.10 bits per heavy atom. The third-order valence-electron chi connectivity index (χ3n) is 3.79. The van der Waals surface area contributed by atoms with Crippen LogP contribution < -0.4 is 9.47 Å². The van der Waals surface area contributed by atoms with Gasteiger partial charge in [0.05, 0.1) is 26.9 Å². The SMILES string of the molecule is COc1cc(C=O)ccc1OCCC(C)N1CCOCC1. The lowest BCUT2D eigenvalue weighted by Gasteiger charge is -2.32. The van der Waals surface area contributed by atoms with Crippen molar-refractivity contribution in [2.24, 2.45) is 0 Å². The molecule has 1 saturated heterocycles. The molecule has 1 heterocycles. The molecule has 0 radical (unpaired) electrons. The summed E-state index contributed by atoms with van der Waals surface area (Å²) in [5.74, 6) is 1.27. The third-order valence-corrected chi connectivity index (χ3v) is 3.79. The second kappa shape index (κ2) is 8.00. The van der Waals surface area contributed by atoms with E-state index in [0.717, 1.165) is 39.0 Å². The molecule has 1 aromatic rings. The molecule has 116 valence electrons. The highest BCUT2D eigenvalue weighted by Gasteiger charge is 2.17. The highest BCUT2D eigenvalue weighted by molar-refractivity contribution is 5.76. The van der Waals surface area contributed by atoms with Crippen LogP contribution in [0.4, 0.5) is 0 Å². The van der Waals surface area contributed by atoms with E-state index < -0.39 is 0 Å². The van der Waals surface area contributed by atoms with E-state index in [4.69, 9.17) is 14.2 Å². The summed E-state index contributed by atoms with van der Waals surface area (Å²) in [6.45, 7) is 6.42. The van der Waals surface area contributed by atoms with Gasteiger partial charge in [-0.2, -0.15) is 0 Å². The lowest BCUT2D eigenvalue weighted by atomic mass is 10.2. The molecular weight excluding hydrogens is 270 g/mol. The molecule has 0 saturated carbocycles. The summed E-state index contributed by atoms with van der Waals surface area (Å²) < 4.78 is 16.4. The molecule has 0 bridgehead atoms. The van der Waals surface area contributed by atoms with Crippen molar-refractivity contribution in [1.82, 2.24) is 4.90 Å². The molecule has 1 unspecified atom stereocenters. The van der Waals surface area contributed by atoms with E-state index in [9.17, 15) is 4.79 Å². The quantitative estimate of drug-likeness (QED) is 0.720. The highest BCUT2D eigenvalue weighted by atomic mass is 16.5. The lowest BCUT2D eigenvalue weighted by Crippen LogP contribution is -2.42. The average Bonchev–Trinajstić information content (AvgIpc) is 2.55. The van der Waals surface area contributed by atoms with Crippen LogP contribution in [-0.4, -0.2) is 57.2 Å². The molecule has 5 nitrogen and oxygen atoms in total. The van der Waals surface area contributed by atoms with E-state index in [-0.39, 0.29) is 0 Å². The molecule has 0 N–H and O–H groups in total. The molecule has 0 amide bonds. The summed E-state index contributed by atoms with van der Waals surface area (Å²) in [7, 11) is 1.58. The first-order valence-electron chi connectivity index (χ1n) is 7.32. The number of rotatable bonds is 7. The van der Waals surface area contributed by atoms with Gasteiger partial charge in [0.15, 0.2) is 11.5 Å². The minimum Gasteiger partial charge on any atom is -0.493 e. The highest BCUT2D eigenvalue weighted by Crippen LogP contribution is 2.27. The maximum absolute atomic E-state index is 10.8. The fraction of sp³-hybridized carbons (Fsp3) is 0.562. The largest absolute Gasteiger partial charge is 0.493 e. The Hall–Kier alpha value is -1.59. The zero-order valence-corrected chi connectivity index (χ0v) is 12.7. The summed E-state index contributed by atoms with van der Waals surface area (Å²) in [6, 6.07) is 5.67. The standard InChI is InChI=1S/C16H23NO4/c1-13(17-6-9-20-10-7-17)5-8-21-15-4-3-14(12-18)11-16(15)19-2/h3-4,11-13H,5-10H2,1-2H3. The number of nitrogens with zero attached hydrogens (tertiary/aromatic N) is 1. The first-order valence-corrected chi connectivity index (χ1v) is 7.32. The summed E-state index contributed by atoms with van der Waals surface area (Å²) in [6.07, 6.45) is 1.74. The van der Waals surface area contributed by atoms with Gasteiger partial charge in [0.25, 0.3) is 0 Å². The van der Waals surface area contributed by atoms with Crippen molar-refractivity contribution < 1.29 is 19.0 Å². The Kier molecular flexibility index (Phi) is 6.02. The van der Waals surface area contributed by atoms with Crippen molar-refractivity contribution in [2.45, 2.75) is 19.4 Å². The lowest BCUT2D eigenvalue weighted by molar-refractivity contribution is 0.0161. The Morgan fingerprint density at radius 3 is 2.76 bits per heavy atom. The molecule has 1 fully saturated rings. The molecule has 1 aromatic carbocycles. The van der Waals surface area contributed by atoms with Crippen LogP contribution in [-0.2, 0) is 4.74 Å². The molecule has 21 heavy (non-hydrogen) atoms. The van der Waals surface area contributed by atoms with Crippen molar-refractivity contribution in [3.63, 3.8) is 0 Å². The van der Waals surface area contributed by atoms with Gasteiger partial charge >= 0.3 is 0 Å². The van der Waals surface area contributed by atoms with Crippen LogP contribution in [0.25, 0.3) is 0 Å². The molecular formula is C16H23NO4. The number of carbonyl (C=O) groups is 1. The van der Waals surface area contributed by atoms with Gasteiger partial charge in [-0.1, -0.05) is 0 Å². The van der Waals surface area contributed by atoms with Gasteiger partial charge in [-0.15, -0.1) is 0 Å². The van der Waals surface area contributed by atoms with Crippen LogP contribution in [0.2, 0.25) is 0 Å². The maximum Gasteiger partial charge on any atom is 0.161 e. The number of carbonyl (C=O) groups excluding carboxylic acids is 1. The van der Waals surface area contributed by atoms with Gasteiger partial charge in [-0.25, -0.2) is 0 Å². The fourth-order valence-corrected chi connectivity index (χ4v) is 2.42. The van der Waals surface area contributed by atoms with Crippen molar-refractivity contribution in [3.05, 3.63) is 23.8 Å². The maximum atomic E-state index is 10.8. The molecule has 1 atom stereocenters. The zero-order chi connectivity index (χ0) is 15.1. The molecule has 0 aromatic heterocycles. The number of benzene rings is 1. The van der Waals surface area contributed by atoms with Gasteiger partial charge in [-0.3, -0.25) is 9.69 Å². The predicted molar refractivity (Wildman–Crippen MR) is 80.3 cm³/mol. The van der Waals surface area contributed by atoms with Crippen molar-refractivity contribution in [2.75, 3.05) is 40.0 Å². The summed E-state index contributed by atoms with van der Waals surface area (Å²) in [5, 5.41) is 0. The monoisotopic (exact) mass is 293 g/mol. The zero-order valence-electron chi connectivity index (χ0n) is 12.7. The summed E-state index contributed by atoms with van der Waals surface area (Å²) in [4.78, 5) is 13.2. The van der Waals surface area contributed by atoms with E-state index in [0.29, 0.717) is 29.7 Å². The smallest absolute Gasteiger partial charge is 0.161 e. The second-order valence-corrected chi connectivity index (χ2v) is 5.16. The Bertz CT molecular complexity index is 458. The van der Waals surface area contributed by atoms with Gasteiger partial charge in [0.2, 0.25) is 0 Å². The number of methoxy groups -OCH3 is 1. The molecule has 1 aliphatic rings. The van der Waals surface area contributed by atoms with Gasteiger partial charge < -0.3 is 14.2 Å². The van der Waals surface area contributed by atoms with Crippen molar-refractivity contribution in [3.8, 4) is 11.5 Å². The number of ether oxygens (including phenoxy) is 3. The molecule has 1 aliphatic heterocycles. The fourth-order valence-electron chi connectivity index (χ4n) is 2.42. The number of morpholine rings is 1. The minimum atomic E-state index is 0.467. The number of aldehydes is 1. The summed E-state index contributed by atoms with van der Waals surface area (Å²) in [5.41, 5.74) is 0.584. The topological polar surface area (TPSA) is 48.0 Å². The van der Waals surface area contributed by atoms with Crippen molar-refractivity contribution in [1.29, 1.82) is 0 Å². The second-order valence-electron chi connectivity index (χ2n) is 5.16. The van der Waals surface area contributed by atoms with Crippen LogP contribution in [0.15, 0.2) is 18.2 Å². The van der Waals surface area contributed by atoms with Crippen LogP contribution in [0.5, 0.6) is 11.5 Å². The minimum absolute atomic E-state index is 0.467. The Morgan fingerprint density at radius 1 is 1.33 bits per heavy atom.